The van der Waals surface area contributed by atoms with Crippen LogP contribution in [0.25, 0.3) is 11.3 Å². The molecule has 0 amide bonds. The van der Waals surface area contributed by atoms with Gasteiger partial charge in [-0.15, -0.1) is 0 Å². The lowest BCUT2D eigenvalue weighted by Crippen LogP contribution is -2.37. The zero-order chi connectivity index (χ0) is 25.1. The first-order valence-corrected chi connectivity index (χ1v) is 12.7. The van der Waals surface area contributed by atoms with Crippen LogP contribution in [0.1, 0.15) is 19.8 Å². The molecule has 3 aromatic rings. The highest BCUT2D eigenvalue weighted by Crippen LogP contribution is 2.26. The summed E-state index contributed by atoms with van der Waals surface area (Å²) < 4.78 is 5.53. The summed E-state index contributed by atoms with van der Waals surface area (Å²) in [4.78, 5) is 24.0. The number of ether oxygens (including phenoxy) is 1. The minimum absolute atomic E-state index is 0.414. The number of nitrogens with one attached hydrogen (secondary N) is 1. The number of anilines is 3. The number of nitrogens with zero attached hydrogens (tertiary/aromatic N) is 6. The molecule has 36 heavy (non-hydrogen) atoms. The maximum atomic E-state index is 6.06. The average Bonchev–Trinajstić information content (AvgIpc) is 3.21. The van der Waals surface area contributed by atoms with Crippen molar-refractivity contribution < 1.29 is 4.74 Å². The third-order valence-electron chi connectivity index (χ3n) is 6.37. The third kappa shape index (κ3) is 5.83. The van der Waals surface area contributed by atoms with Gasteiger partial charge in [0.2, 0.25) is 5.95 Å². The van der Waals surface area contributed by atoms with Gasteiger partial charge in [-0.2, -0.15) is 4.98 Å². The third-order valence-corrected chi connectivity index (χ3v) is 6.63. The Morgan fingerprint density at radius 3 is 2.50 bits per heavy atom. The molecule has 1 N–H and O–H groups in total. The molecule has 1 saturated heterocycles. The molecule has 0 aliphatic carbocycles. The van der Waals surface area contributed by atoms with Crippen molar-refractivity contribution in [3.05, 3.63) is 64.3 Å². The molecule has 1 atom stereocenters. The van der Waals surface area contributed by atoms with E-state index in [1.54, 1.807) is 0 Å². The molecule has 1 aromatic heterocycles. The summed E-state index contributed by atoms with van der Waals surface area (Å²) in [5.74, 6) is 1.40. The van der Waals surface area contributed by atoms with Gasteiger partial charge in [0.05, 0.1) is 29.6 Å². The highest BCUT2D eigenvalue weighted by atomic mass is 35.5. The van der Waals surface area contributed by atoms with Gasteiger partial charge >= 0.3 is 0 Å². The van der Waals surface area contributed by atoms with Gasteiger partial charge < -0.3 is 19.9 Å². The Hall–Kier alpha value is -3.07. The summed E-state index contributed by atoms with van der Waals surface area (Å²) in [6.45, 7) is 5.98. The lowest BCUT2D eigenvalue weighted by molar-refractivity contribution is 0.122. The van der Waals surface area contributed by atoms with Crippen LogP contribution in [0.5, 0.6) is 0 Å². The largest absolute Gasteiger partial charge is 0.378 e. The first kappa shape index (κ1) is 24.6. The Kier molecular flexibility index (Phi) is 7.18. The molecule has 1 fully saturated rings. The van der Waals surface area contributed by atoms with Crippen molar-refractivity contribution in [2.24, 2.45) is 9.98 Å². The molecule has 9 heteroatoms. The predicted molar refractivity (Wildman–Crippen MR) is 144 cm³/mol. The number of fused-ring (bicyclic) bond motifs is 1. The van der Waals surface area contributed by atoms with Crippen molar-refractivity contribution in [3.8, 4) is 11.3 Å². The van der Waals surface area contributed by atoms with Crippen molar-refractivity contribution in [1.29, 1.82) is 0 Å². The van der Waals surface area contributed by atoms with Crippen molar-refractivity contribution in [2.45, 2.75) is 25.4 Å². The fourth-order valence-electron chi connectivity index (χ4n) is 4.49. The Bertz CT molecular complexity index is 1340. The fraction of sp³-hybridized carbons (Fsp3) is 0.407. The summed E-state index contributed by atoms with van der Waals surface area (Å²) in [5.41, 5.74) is 2.32. The molecular formula is C27H32ClN7O. The van der Waals surface area contributed by atoms with Crippen LogP contribution < -0.4 is 20.9 Å². The van der Waals surface area contributed by atoms with Crippen LogP contribution in [0.4, 0.5) is 17.5 Å². The van der Waals surface area contributed by atoms with Gasteiger partial charge in [-0.25, -0.2) is 4.98 Å². The van der Waals surface area contributed by atoms with Crippen molar-refractivity contribution in [1.82, 2.24) is 14.9 Å². The van der Waals surface area contributed by atoms with E-state index in [4.69, 9.17) is 36.3 Å². The van der Waals surface area contributed by atoms with Gasteiger partial charge in [-0.05, 0) is 76.8 Å². The van der Waals surface area contributed by atoms with E-state index in [0.717, 1.165) is 66.0 Å². The number of rotatable bonds is 8. The first-order chi connectivity index (χ1) is 17.4. The quantitative estimate of drug-likeness (QED) is 0.503. The van der Waals surface area contributed by atoms with E-state index in [1.807, 2.05) is 36.4 Å². The van der Waals surface area contributed by atoms with E-state index in [0.29, 0.717) is 24.2 Å². The second-order valence-electron chi connectivity index (χ2n) is 9.72. The van der Waals surface area contributed by atoms with Crippen LogP contribution >= 0.6 is 11.6 Å². The number of morpholine rings is 1. The molecule has 2 aromatic carbocycles. The Morgan fingerprint density at radius 2 is 1.75 bits per heavy atom. The number of halogens is 1. The van der Waals surface area contributed by atoms with E-state index in [9.17, 15) is 0 Å². The summed E-state index contributed by atoms with van der Waals surface area (Å²) >= 11 is 6.06. The normalized spacial score (nSPS) is 19.1. The predicted octanol–water partition coefficient (Wildman–Crippen LogP) is 3.69. The SMILES string of the molecule is CN(C)CCCC1(C)N=c2ccc(-c3cc(Nc4ccc(Cl)cc4)nc(N4CCOCC4)n3)cc2=N1. The summed E-state index contributed by atoms with van der Waals surface area (Å²) in [5, 5.41) is 5.95. The van der Waals surface area contributed by atoms with Crippen LogP contribution in [0, 0.1) is 0 Å². The van der Waals surface area contributed by atoms with E-state index < -0.39 is 5.66 Å². The van der Waals surface area contributed by atoms with E-state index in [-0.39, 0.29) is 0 Å². The number of hydrogen-bond acceptors (Lipinski definition) is 8. The summed E-state index contributed by atoms with van der Waals surface area (Å²) in [6, 6.07) is 15.8. The minimum atomic E-state index is -0.414. The van der Waals surface area contributed by atoms with Gasteiger partial charge in [-0.1, -0.05) is 17.7 Å². The molecule has 0 saturated carbocycles. The van der Waals surface area contributed by atoms with E-state index in [1.165, 1.54) is 0 Å². The Labute approximate surface area is 216 Å². The van der Waals surface area contributed by atoms with Gasteiger partial charge in [0.1, 0.15) is 11.5 Å². The molecule has 2 aliphatic heterocycles. The fourth-order valence-corrected chi connectivity index (χ4v) is 4.61. The molecule has 3 heterocycles. The summed E-state index contributed by atoms with van der Waals surface area (Å²) in [6.07, 6.45) is 1.96. The van der Waals surface area contributed by atoms with Crippen molar-refractivity contribution in [3.63, 3.8) is 0 Å². The average molecular weight is 506 g/mol. The minimum Gasteiger partial charge on any atom is -0.378 e. The standard InChI is InChI=1S/C27H32ClN7O/c1-27(11-4-12-34(2)3)32-22-10-5-19(17-24(22)33-27)23-18-25(29-21-8-6-20(28)7-9-21)31-26(30-23)35-13-15-36-16-14-35/h5-10,17-18H,4,11-16H2,1-3H3,(H,29,30,31). The highest BCUT2D eigenvalue weighted by Gasteiger charge is 2.25. The maximum absolute atomic E-state index is 6.06. The lowest BCUT2D eigenvalue weighted by atomic mass is 10.1. The van der Waals surface area contributed by atoms with Crippen molar-refractivity contribution in [2.75, 3.05) is 57.2 Å². The smallest absolute Gasteiger partial charge is 0.228 e. The van der Waals surface area contributed by atoms with E-state index >= 15 is 0 Å². The molecule has 5 rings (SSSR count). The van der Waals surface area contributed by atoms with Gasteiger partial charge in [0.25, 0.3) is 0 Å². The van der Waals surface area contributed by atoms with Crippen LogP contribution in [0.3, 0.4) is 0 Å². The Morgan fingerprint density at radius 1 is 1.00 bits per heavy atom. The highest BCUT2D eigenvalue weighted by molar-refractivity contribution is 6.30. The zero-order valence-corrected chi connectivity index (χ0v) is 21.8. The van der Waals surface area contributed by atoms with Crippen LogP contribution in [-0.4, -0.2) is 67.5 Å². The monoisotopic (exact) mass is 505 g/mol. The first-order valence-electron chi connectivity index (χ1n) is 12.4. The van der Waals surface area contributed by atoms with Gasteiger partial charge in [0.15, 0.2) is 0 Å². The summed E-state index contributed by atoms with van der Waals surface area (Å²) in [7, 11) is 4.18. The van der Waals surface area contributed by atoms with Crippen molar-refractivity contribution >= 4 is 29.1 Å². The molecule has 188 valence electrons. The van der Waals surface area contributed by atoms with Gasteiger partial charge in [0, 0.05) is 35.4 Å². The Balaban J connectivity index is 1.47. The molecule has 8 nitrogen and oxygen atoms in total. The van der Waals surface area contributed by atoms with E-state index in [2.05, 4.69) is 48.3 Å². The molecule has 0 spiro atoms. The van der Waals surface area contributed by atoms with Gasteiger partial charge in [-0.3, -0.25) is 9.98 Å². The zero-order valence-electron chi connectivity index (χ0n) is 21.0. The molecule has 0 radical (unpaired) electrons. The molecule has 2 aliphatic rings. The topological polar surface area (TPSA) is 78.2 Å². The molecule has 0 bridgehead atoms. The lowest BCUT2D eigenvalue weighted by Gasteiger charge is -2.27. The number of aromatic nitrogens is 2. The second kappa shape index (κ2) is 10.5. The van der Waals surface area contributed by atoms with Crippen LogP contribution in [-0.2, 0) is 4.74 Å². The maximum Gasteiger partial charge on any atom is 0.228 e. The van der Waals surface area contributed by atoms with Crippen LogP contribution in [0.15, 0.2) is 58.5 Å². The second-order valence-corrected chi connectivity index (χ2v) is 10.2. The van der Waals surface area contributed by atoms with Crippen LogP contribution in [0.2, 0.25) is 5.02 Å². The molecular weight excluding hydrogens is 474 g/mol. The number of benzene rings is 2. The molecule has 1 unspecified atom stereocenters. The number of hydrogen-bond donors (Lipinski definition) is 1.